The second-order valence-electron chi connectivity index (χ2n) is 4.59. The monoisotopic (exact) mass is 431 g/mol. The van der Waals surface area contributed by atoms with Crippen LogP contribution < -0.4 is 10.6 Å². The van der Waals surface area contributed by atoms with Crippen molar-refractivity contribution in [1.29, 1.82) is 0 Å². The van der Waals surface area contributed by atoms with E-state index >= 15 is 0 Å². The van der Waals surface area contributed by atoms with Crippen molar-refractivity contribution in [3.05, 3.63) is 44.6 Å². The lowest BCUT2D eigenvalue weighted by Gasteiger charge is -2.03. The molecule has 2 amide bonds. The fraction of sp³-hybridized carbons (Fsp3) is 0.0714. The van der Waals surface area contributed by atoms with E-state index in [1.807, 2.05) is 0 Å². The van der Waals surface area contributed by atoms with E-state index in [0.29, 0.717) is 9.58 Å². The van der Waals surface area contributed by atoms with Crippen LogP contribution in [0.1, 0.15) is 9.67 Å². The van der Waals surface area contributed by atoms with Crippen LogP contribution in [0.4, 0.5) is 13.9 Å². The molecule has 1 aromatic carbocycles. The zero-order chi connectivity index (χ0) is 17.3. The van der Waals surface area contributed by atoms with Crippen LogP contribution in [0.5, 0.6) is 0 Å². The van der Waals surface area contributed by atoms with E-state index in [4.69, 9.17) is 0 Å². The van der Waals surface area contributed by atoms with Crippen LogP contribution in [-0.4, -0.2) is 23.3 Å². The number of thiophene rings is 1. The van der Waals surface area contributed by atoms with Gasteiger partial charge in [0.25, 0.3) is 5.91 Å². The second-order valence-corrected chi connectivity index (χ2v) is 8.08. The predicted molar refractivity (Wildman–Crippen MR) is 92.5 cm³/mol. The Morgan fingerprint density at radius 1 is 1.17 bits per heavy atom. The minimum absolute atomic E-state index is 0.202. The summed E-state index contributed by atoms with van der Waals surface area (Å²) in [6.45, 7) is -0.243. The summed E-state index contributed by atoms with van der Waals surface area (Å²) < 4.78 is 27.5. The first-order valence-electron chi connectivity index (χ1n) is 6.51. The summed E-state index contributed by atoms with van der Waals surface area (Å²) in [7, 11) is 0. The van der Waals surface area contributed by atoms with Gasteiger partial charge in [0.1, 0.15) is 0 Å². The summed E-state index contributed by atoms with van der Waals surface area (Å²) in [4.78, 5) is 28.2. The van der Waals surface area contributed by atoms with Crippen LogP contribution in [0.25, 0.3) is 10.2 Å². The number of hydrogen-bond donors (Lipinski definition) is 2. The summed E-state index contributed by atoms with van der Waals surface area (Å²) in [6.07, 6.45) is 0. The van der Waals surface area contributed by atoms with Gasteiger partial charge in [-0.2, -0.15) is 0 Å². The number of fused-ring (bicyclic) bond motifs is 1. The van der Waals surface area contributed by atoms with Crippen molar-refractivity contribution in [2.75, 3.05) is 11.9 Å². The average Bonchev–Trinajstić information content (AvgIpc) is 3.11. The van der Waals surface area contributed by atoms with Gasteiger partial charge in [0, 0.05) is 6.07 Å². The summed E-state index contributed by atoms with van der Waals surface area (Å²) in [5.41, 5.74) is 0.252. The number of nitrogens with one attached hydrogen (secondary N) is 2. The van der Waals surface area contributed by atoms with Crippen LogP contribution in [-0.2, 0) is 4.79 Å². The van der Waals surface area contributed by atoms with E-state index in [2.05, 4.69) is 31.5 Å². The van der Waals surface area contributed by atoms with Gasteiger partial charge in [-0.3, -0.25) is 9.59 Å². The topological polar surface area (TPSA) is 71.1 Å². The van der Waals surface area contributed by atoms with Gasteiger partial charge < -0.3 is 10.6 Å². The van der Waals surface area contributed by atoms with Gasteiger partial charge in [0.2, 0.25) is 5.91 Å². The van der Waals surface area contributed by atoms with Crippen molar-refractivity contribution >= 4 is 65.8 Å². The van der Waals surface area contributed by atoms with Gasteiger partial charge in [-0.1, -0.05) is 11.3 Å². The van der Waals surface area contributed by atoms with Crippen LogP contribution in [0.15, 0.2) is 28.1 Å². The van der Waals surface area contributed by atoms with Crippen molar-refractivity contribution in [2.45, 2.75) is 0 Å². The molecule has 2 heterocycles. The Kier molecular flexibility index (Phi) is 4.88. The fourth-order valence-electron chi connectivity index (χ4n) is 1.82. The van der Waals surface area contributed by atoms with Crippen LogP contribution in [0, 0.1) is 11.6 Å². The van der Waals surface area contributed by atoms with Crippen molar-refractivity contribution < 1.29 is 18.4 Å². The number of benzene rings is 1. The highest BCUT2D eigenvalue weighted by atomic mass is 79.9. The molecule has 0 spiro atoms. The lowest BCUT2D eigenvalue weighted by molar-refractivity contribution is -0.115. The first kappa shape index (κ1) is 16.9. The molecule has 0 aliphatic rings. The lowest BCUT2D eigenvalue weighted by Crippen LogP contribution is -2.32. The minimum atomic E-state index is -1.000. The summed E-state index contributed by atoms with van der Waals surface area (Å²) >= 11 is 5.52. The van der Waals surface area contributed by atoms with Gasteiger partial charge in [-0.05, 0) is 34.1 Å². The van der Waals surface area contributed by atoms with Crippen LogP contribution in [0.2, 0.25) is 0 Å². The number of amides is 2. The number of anilines is 1. The SMILES string of the molecule is O=C(CNC(=O)c1ccc(Br)s1)Nc1nc2cc(F)c(F)cc2s1. The number of carbonyl (C=O) groups is 2. The Morgan fingerprint density at radius 3 is 2.62 bits per heavy atom. The molecule has 0 bridgehead atoms. The molecule has 0 atom stereocenters. The first-order valence-corrected chi connectivity index (χ1v) is 8.94. The zero-order valence-electron chi connectivity index (χ0n) is 11.7. The number of carbonyl (C=O) groups excluding carboxylic acids is 2. The third-order valence-corrected chi connectivity index (χ3v) is 5.44. The molecule has 0 aliphatic heterocycles. The third kappa shape index (κ3) is 3.77. The largest absolute Gasteiger partial charge is 0.342 e. The minimum Gasteiger partial charge on any atom is -0.342 e. The molecule has 0 fully saturated rings. The number of halogens is 3. The van der Waals surface area contributed by atoms with Crippen LogP contribution in [0.3, 0.4) is 0 Å². The molecule has 2 aromatic heterocycles. The van der Waals surface area contributed by atoms with E-state index in [-0.39, 0.29) is 23.1 Å². The number of hydrogen-bond acceptors (Lipinski definition) is 5. The molecule has 2 N–H and O–H groups in total. The highest BCUT2D eigenvalue weighted by Crippen LogP contribution is 2.27. The first-order chi connectivity index (χ1) is 11.4. The molecule has 24 heavy (non-hydrogen) atoms. The van der Waals surface area contributed by atoms with E-state index in [0.717, 1.165) is 27.3 Å². The van der Waals surface area contributed by atoms with Gasteiger partial charge in [0.15, 0.2) is 16.8 Å². The molecule has 10 heteroatoms. The van der Waals surface area contributed by atoms with Crippen molar-refractivity contribution in [3.8, 4) is 0 Å². The number of nitrogens with zero attached hydrogens (tertiary/aromatic N) is 1. The quantitative estimate of drug-likeness (QED) is 0.660. The molecule has 3 aromatic rings. The molecule has 0 saturated carbocycles. The fourth-order valence-corrected chi connectivity index (χ4v) is 4.02. The average molecular weight is 432 g/mol. The summed E-state index contributed by atoms with van der Waals surface area (Å²) in [5.74, 6) is -2.83. The normalized spacial score (nSPS) is 10.8. The molecule has 0 radical (unpaired) electrons. The van der Waals surface area contributed by atoms with Gasteiger partial charge in [0.05, 0.1) is 25.4 Å². The van der Waals surface area contributed by atoms with E-state index < -0.39 is 17.5 Å². The van der Waals surface area contributed by atoms with Gasteiger partial charge in [-0.25, -0.2) is 13.8 Å². The van der Waals surface area contributed by atoms with Gasteiger partial charge in [-0.15, -0.1) is 11.3 Å². The van der Waals surface area contributed by atoms with E-state index in [1.54, 1.807) is 12.1 Å². The Hall–Kier alpha value is -1.91. The van der Waals surface area contributed by atoms with Crippen molar-refractivity contribution in [1.82, 2.24) is 10.3 Å². The predicted octanol–water partition coefficient (Wildman–Crippen LogP) is 3.77. The molecule has 0 aliphatic carbocycles. The summed E-state index contributed by atoms with van der Waals surface area (Å²) in [5, 5.41) is 5.17. The lowest BCUT2D eigenvalue weighted by atomic mass is 10.3. The number of rotatable bonds is 4. The maximum Gasteiger partial charge on any atom is 0.261 e. The Balaban J connectivity index is 1.61. The van der Waals surface area contributed by atoms with E-state index in [1.165, 1.54) is 11.3 Å². The molecular weight excluding hydrogens is 424 g/mol. The third-order valence-electron chi connectivity index (χ3n) is 2.88. The Bertz CT molecular complexity index is 902. The molecule has 124 valence electrons. The highest BCUT2D eigenvalue weighted by Gasteiger charge is 2.13. The smallest absolute Gasteiger partial charge is 0.261 e. The number of thiazole rings is 1. The standard InChI is InChI=1S/C14H8BrF2N3O2S2/c15-11-2-1-9(23-11)13(22)18-5-12(21)20-14-19-8-3-6(16)7(17)4-10(8)24-14/h1-4H,5H2,(H,18,22)(H,19,20,21). The van der Waals surface area contributed by atoms with E-state index in [9.17, 15) is 18.4 Å². The van der Waals surface area contributed by atoms with Crippen molar-refractivity contribution in [3.63, 3.8) is 0 Å². The highest BCUT2D eigenvalue weighted by molar-refractivity contribution is 9.11. The van der Waals surface area contributed by atoms with Crippen molar-refractivity contribution in [2.24, 2.45) is 0 Å². The maximum atomic E-state index is 13.2. The molecule has 3 rings (SSSR count). The molecule has 0 unspecified atom stereocenters. The molecule has 0 saturated heterocycles. The van der Waals surface area contributed by atoms with Crippen LogP contribution >= 0.6 is 38.6 Å². The second kappa shape index (κ2) is 6.91. The molecule has 5 nitrogen and oxygen atoms in total. The Labute approximate surface area is 150 Å². The molecular formula is C14H8BrF2N3O2S2. The maximum absolute atomic E-state index is 13.2. The summed E-state index contributed by atoms with van der Waals surface area (Å²) in [6, 6.07) is 5.36. The zero-order valence-corrected chi connectivity index (χ0v) is 14.9. The Morgan fingerprint density at radius 2 is 1.92 bits per heavy atom. The van der Waals surface area contributed by atoms with Gasteiger partial charge >= 0.3 is 0 Å². The number of aromatic nitrogens is 1.